The molecular formula is C12H21N3S. The predicted molar refractivity (Wildman–Crippen MR) is 69.8 cm³/mol. The summed E-state index contributed by atoms with van der Waals surface area (Å²) in [4.78, 5) is 6.88. The molecule has 1 aliphatic heterocycles. The second kappa shape index (κ2) is 6.21. The summed E-state index contributed by atoms with van der Waals surface area (Å²) in [6.07, 6.45) is 8.00. The molecule has 0 spiro atoms. The van der Waals surface area contributed by atoms with Crippen LogP contribution >= 0.6 is 11.3 Å². The molecule has 1 fully saturated rings. The molecule has 0 bridgehead atoms. The first kappa shape index (κ1) is 11.9. The molecule has 1 aromatic heterocycles. The summed E-state index contributed by atoms with van der Waals surface area (Å²) in [6, 6.07) is 0. The molecule has 1 aliphatic rings. The summed E-state index contributed by atoms with van der Waals surface area (Å²) in [6.45, 7) is 3.67. The molecule has 0 saturated carbocycles. The Labute approximate surface area is 102 Å². The van der Waals surface area contributed by atoms with Crippen LogP contribution in [0.15, 0.2) is 5.38 Å². The Morgan fingerprint density at radius 3 is 2.50 bits per heavy atom. The molecule has 2 rings (SSSR count). The van der Waals surface area contributed by atoms with Crippen molar-refractivity contribution in [3.63, 3.8) is 0 Å². The maximum atomic E-state index is 5.63. The Morgan fingerprint density at radius 1 is 1.19 bits per heavy atom. The molecule has 16 heavy (non-hydrogen) atoms. The van der Waals surface area contributed by atoms with E-state index in [-0.39, 0.29) is 0 Å². The summed E-state index contributed by atoms with van der Waals surface area (Å²) in [7, 11) is 0. The average molecular weight is 239 g/mol. The maximum Gasteiger partial charge on any atom is 0.180 e. The van der Waals surface area contributed by atoms with E-state index in [2.05, 4.69) is 15.3 Å². The lowest BCUT2D eigenvalue weighted by Gasteiger charge is -2.23. The Balaban J connectivity index is 1.75. The Morgan fingerprint density at radius 2 is 1.88 bits per heavy atom. The van der Waals surface area contributed by atoms with Crippen LogP contribution in [0.2, 0.25) is 0 Å². The summed E-state index contributed by atoms with van der Waals surface area (Å²) in [5.41, 5.74) is 6.78. The Kier molecular flexibility index (Phi) is 4.60. The first-order valence-electron chi connectivity index (χ1n) is 6.27. The van der Waals surface area contributed by atoms with Crippen LogP contribution in [-0.4, -0.2) is 29.5 Å². The molecule has 0 aliphatic carbocycles. The summed E-state index contributed by atoms with van der Waals surface area (Å²) in [5, 5.41) is 2.78. The highest BCUT2D eigenvalue weighted by Crippen LogP contribution is 2.14. The van der Waals surface area contributed by atoms with E-state index in [0.29, 0.717) is 5.13 Å². The number of thiazole rings is 1. The number of hydrogen-bond donors (Lipinski definition) is 1. The van der Waals surface area contributed by atoms with Crippen LogP contribution < -0.4 is 5.73 Å². The van der Waals surface area contributed by atoms with Crippen LogP contribution in [0.3, 0.4) is 0 Å². The van der Waals surface area contributed by atoms with E-state index in [4.69, 9.17) is 5.73 Å². The molecule has 2 heterocycles. The third-order valence-electron chi connectivity index (χ3n) is 3.20. The third-order valence-corrected chi connectivity index (χ3v) is 3.93. The van der Waals surface area contributed by atoms with Gasteiger partial charge in [-0.1, -0.05) is 19.3 Å². The highest BCUT2D eigenvalue weighted by molar-refractivity contribution is 7.13. The molecule has 0 atom stereocenters. The molecule has 0 radical (unpaired) electrons. The van der Waals surface area contributed by atoms with Crippen LogP contribution in [0.5, 0.6) is 0 Å². The molecule has 2 N–H and O–H groups in total. The molecule has 90 valence electrons. The lowest BCUT2D eigenvalue weighted by molar-refractivity contribution is 0.250. The second-order valence-electron chi connectivity index (χ2n) is 4.54. The highest BCUT2D eigenvalue weighted by atomic mass is 32.1. The van der Waals surface area contributed by atoms with Gasteiger partial charge in [0.1, 0.15) is 0 Å². The lowest BCUT2D eigenvalue weighted by atomic mass is 10.1. The van der Waals surface area contributed by atoms with E-state index < -0.39 is 0 Å². The molecule has 3 nitrogen and oxygen atoms in total. The van der Waals surface area contributed by atoms with Crippen LogP contribution in [0, 0.1) is 0 Å². The summed E-state index contributed by atoms with van der Waals surface area (Å²) < 4.78 is 0. The fourth-order valence-electron chi connectivity index (χ4n) is 2.25. The first-order chi connectivity index (χ1) is 7.84. The molecule has 1 saturated heterocycles. The number of likely N-dealkylation sites (tertiary alicyclic amines) is 1. The number of nitrogens with zero attached hydrogens (tertiary/aromatic N) is 2. The molecule has 0 unspecified atom stereocenters. The Bertz CT molecular complexity index is 303. The zero-order valence-electron chi connectivity index (χ0n) is 9.82. The standard InChI is InChI=1S/C12H21N3S/c13-12-14-11(10-16-12)6-9-15-7-4-2-1-3-5-8-15/h10H,1-9H2,(H2,13,14). The number of rotatable bonds is 3. The largest absolute Gasteiger partial charge is 0.375 e. The normalized spacial score (nSPS) is 19.2. The average Bonchev–Trinajstić information content (AvgIpc) is 2.63. The van der Waals surface area contributed by atoms with Crippen molar-refractivity contribution in [3.8, 4) is 0 Å². The van der Waals surface area contributed by atoms with Crippen molar-refractivity contribution in [2.45, 2.75) is 38.5 Å². The monoisotopic (exact) mass is 239 g/mol. The van der Waals surface area contributed by atoms with E-state index >= 15 is 0 Å². The summed E-state index contributed by atoms with van der Waals surface area (Å²) in [5.74, 6) is 0. The van der Waals surface area contributed by atoms with E-state index in [9.17, 15) is 0 Å². The van der Waals surface area contributed by atoms with Gasteiger partial charge in [-0.2, -0.15) is 0 Å². The second-order valence-corrected chi connectivity index (χ2v) is 5.43. The van der Waals surface area contributed by atoms with Gasteiger partial charge in [0.25, 0.3) is 0 Å². The fraction of sp³-hybridized carbons (Fsp3) is 0.750. The molecular weight excluding hydrogens is 218 g/mol. The van der Waals surface area contributed by atoms with Crippen LogP contribution in [0.1, 0.15) is 37.8 Å². The molecule has 1 aromatic rings. The van der Waals surface area contributed by atoms with Gasteiger partial charge < -0.3 is 10.6 Å². The van der Waals surface area contributed by atoms with E-state index in [1.807, 2.05) is 0 Å². The highest BCUT2D eigenvalue weighted by Gasteiger charge is 2.08. The van der Waals surface area contributed by atoms with E-state index in [0.717, 1.165) is 18.7 Å². The minimum atomic E-state index is 0.697. The number of nitrogen functional groups attached to an aromatic ring is 1. The van der Waals surface area contributed by atoms with Gasteiger partial charge in [0, 0.05) is 18.3 Å². The van der Waals surface area contributed by atoms with Gasteiger partial charge in [0.15, 0.2) is 5.13 Å². The first-order valence-corrected chi connectivity index (χ1v) is 7.15. The van der Waals surface area contributed by atoms with Gasteiger partial charge in [0.05, 0.1) is 5.69 Å². The van der Waals surface area contributed by atoms with Gasteiger partial charge in [-0.05, 0) is 25.9 Å². The van der Waals surface area contributed by atoms with Gasteiger partial charge in [-0.15, -0.1) is 11.3 Å². The van der Waals surface area contributed by atoms with Crippen molar-refractivity contribution in [1.29, 1.82) is 0 Å². The van der Waals surface area contributed by atoms with Crippen LogP contribution in [0.25, 0.3) is 0 Å². The van der Waals surface area contributed by atoms with Crippen molar-refractivity contribution in [1.82, 2.24) is 9.88 Å². The Hall–Kier alpha value is -0.610. The zero-order valence-corrected chi connectivity index (χ0v) is 10.6. The lowest BCUT2D eigenvalue weighted by Crippen LogP contribution is -2.29. The smallest absolute Gasteiger partial charge is 0.180 e. The van der Waals surface area contributed by atoms with Gasteiger partial charge in [-0.3, -0.25) is 0 Å². The van der Waals surface area contributed by atoms with Crippen molar-refractivity contribution in [2.75, 3.05) is 25.4 Å². The molecule has 4 heteroatoms. The van der Waals surface area contributed by atoms with Gasteiger partial charge in [-0.25, -0.2) is 4.98 Å². The third kappa shape index (κ3) is 3.76. The topological polar surface area (TPSA) is 42.1 Å². The van der Waals surface area contributed by atoms with Gasteiger partial charge >= 0.3 is 0 Å². The van der Waals surface area contributed by atoms with Crippen LogP contribution in [0.4, 0.5) is 5.13 Å². The number of aromatic nitrogens is 1. The minimum Gasteiger partial charge on any atom is -0.375 e. The van der Waals surface area contributed by atoms with E-state index in [1.54, 1.807) is 11.3 Å². The summed E-state index contributed by atoms with van der Waals surface area (Å²) >= 11 is 1.55. The zero-order chi connectivity index (χ0) is 11.2. The van der Waals surface area contributed by atoms with Crippen molar-refractivity contribution in [3.05, 3.63) is 11.1 Å². The predicted octanol–water partition coefficient (Wildman–Crippen LogP) is 2.53. The molecule has 0 amide bonds. The quantitative estimate of drug-likeness (QED) is 0.881. The van der Waals surface area contributed by atoms with Crippen LogP contribution in [-0.2, 0) is 6.42 Å². The number of nitrogens with two attached hydrogens (primary N) is 1. The SMILES string of the molecule is Nc1nc(CCN2CCCCCCC2)cs1. The van der Waals surface area contributed by atoms with E-state index in [1.165, 1.54) is 45.2 Å². The fourth-order valence-corrected chi connectivity index (χ4v) is 2.84. The van der Waals surface area contributed by atoms with Crippen molar-refractivity contribution >= 4 is 16.5 Å². The van der Waals surface area contributed by atoms with Crippen molar-refractivity contribution < 1.29 is 0 Å². The number of hydrogen-bond acceptors (Lipinski definition) is 4. The maximum absolute atomic E-state index is 5.63. The molecule has 0 aromatic carbocycles. The van der Waals surface area contributed by atoms with Gasteiger partial charge in [0.2, 0.25) is 0 Å². The van der Waals surface area contributed by atoms with Crippen molar-refractivity contribution in [2.24, 2.45) is 0 Å². The number of anilines is 1. The minimum absolute atomic E-state index is 0.697.